The van der Waals surface area contributed by atoms with Gasteiger partial charge in [0.2, 0.25) is 0 Å². The summed E-state index contributed by atoms with van der Waals surface area (Å²) >= 11 is 0. The summed E-state index contributed by atoms with van der Waals surface area (Å²) in [4.78, 5) is 12.1. The van der Waals surface area contributed by atoms with Crippen LogP contribution in [0, 0.1) is 0 Å². The second-order valence-electron chi connectivity index (χ2n) is 2.46. The molecule has 0 aromatic rings. The molecule has 0 unspecified atom stereocenters. The first kappa shape index (κ1) is 11.1. The second-order valence-corrected chi connectivity index (χ2v) is 2.46. The number of carbonyl (C=O) groups is 1. The first-order valence-electron chi connectivity index (χ1n) is 3.13. The smallest absolute Gasteiger partial charge is 0.548 e. The molecule has 10 heavy (non-hydrogen) atoms. The van der Waals surface area contributed by atoms with Crippen molar-refractivity contribution in [3.05, 3.63) is 0 Å². The maximum Gasteiger partial charge on any atom is 1.00 e. The quantitative estimate of drug-likeness (QED) is 0.372. The van der Waals surface area contributed by atoms with Gasteiger partial charge in [0.05, 0.1) is 5.97 Å². The van der Waals surface area contributed by atoms with Crippen molar-refractivity contribution in [2.45, 2.75) is 18.9 Å². The molecule has 1 atom stereocenters. The molecule has 0 bridgehead atoms. The van der Waals surface area contributed by atoms with Gasteiger partial charge in [-0.05, 0) is 26.4 Å². The van der Waals surface area contributed by atoms with Crippen LogP contribution in [0.3, 0.4) is 0 Å². The molecule has 52 valence electrons. The Bertz CT molecular complexity index is 129. The van der Waals surface area contributed by atoms with Crippen molar-refractivity contribution >= 4 is 5.97 Å². The fourth-order valence-corrected chi connectivity index (χ4v) is 1.21. The Morgan fingerprint density at radius 1 is 1.70 bits per heavy atom. The van der Waals surface area contributed by atoms with Crippen LogP contribution in [-0.4, -0.2) is 30.5 Å². The van der Waals surface area contributed by atoms with E-state index in [1.165, 1.54) is 0 Å². The molecule has 1 aliphatic rings. The number of carboxylic acid groups (broad SMARTS) is 1. The molecule has 4 heteroatoms. The average molecular weight is 167 g/mol. The molecule has 1 heterocycles. The second kappa shape index (κ2) is 4.85. The van der Waals surface area contributed by atoms with Gasteiger partial charge >= 0.3 is 51.4 Å². The minimum absolute atomic E-state index is 0. The van der Waals surface area contributed by atoms with Gasteiger partial charge in [0.15, 0.2) is 0 Å². The number of hydrogen-bond donors (Lipinski definition) is 0. The van der Waals surface area contributed by atoms with Gasteiger partial charge in [0.25, 0.3) is 0 Å². The SMILES string of the molecule is CN1CCC[C@H]1C(=O)[O-].[K+]. The standard InChI is InChI=1S/C6H11NO2.K/c1-7-4-2-3-5(7)6(8)9;/h5H,2-4H2,1H3,(H,8,9);/q;+1/p-1/t5-;/m0./s1. The molecule has 1 saturated heterocycles. The normalized spacial score (nSPS) is 25.9. The monoisotopic (exact) mass is 167 g/mol. The predicted octanol–water partition coefficient (Wildman–Crippen LogP) is -4.17. The molecule has 1 fully saturated rings. The molecule has 0 radical (unpaired) electrons. The minimum Gasteiger partial charge on any atom is -0.548 e. The number of rotatable bonds is 1. The predicted molar refractivity (Wildman–Crippen MR) is 30.7 cm³/mol. The Morgan fingerprint density at radius 3 is 2.50 bits per heavy atom. The molecular weight excluding hydrogens is 157 g/mol. The van der Waals surface area contributed by atoms with Crippen molar-refractivity contribution in [1.82, 2.24) is 4.90 Å². The van der Waals surface area contributed by atoms with Gasteiger partial charge in [-0.1, -0.05) is 0 Å². The summed E-state index contributed by atoms with van der Waals surface area (Å²) in [6, 6.07) is -0.329. The van der Waals surface area contributed by atoms with Gasteiger partial charge in [0, 0.05) is 6.04 Å². The molecule has 1 rings (SSSR count). The summed E-state index contributed by atoms with van der Waals surface area (Å²) in [5.74, 6) is -0.935. The zero-order chi connectivity index (χ0) is 6.85. The number of carboxylic acids is 1. The van der Waals surface area contributed by atoms with Crippen LogP contribution in [-0.2, 0) is 4.79 Å². The third-order valence-electron chi connectivity index (χ3n) is 1.79. The molecule has 0 spiro atoms. The van der Waals surface area contributed by atoms with E-state index in [1.54, 1.807) is 0 Å². The van der Waals surface area contributed by atoms with Gasteiger partial charge < -0.3 is 9.90 Å². The Morgan fingerprint density at radius 2 is 2.30 bits per heavy atom. The third-order valence-corrected chi connectivity index (χ3v) is 1.79. The maximum atomic E-state index is 10.3. The first-order chi connectivity index (χ1) is 4.22. The van der Waals surface area contributed by atoms with E-state index in [-0.39, 0.29) is 57.4 Å². The van der Waals surface area contributed by atoms with Crippen LogP contribution in [0.15, 0.2) is 0 Å². The Hall–Kier alpha value is 1.07. The van der Waals surface area contributed by atoms with Gasteiger partial charge in [-0.3, -0.25) is 4.90 Å². The van der Waals surface area contributed by atoms with Crippen molar-refractivity contribution in [2.24, 2.45) is 0 Å². The molecule has 0 N–H and O–H groups in total. The molecule has 1 aliphatic heterocycles. The summed E-state index contributed by atoms with van der Waals surface area (Å²) in [5, 5.41) is 10.3. The van der Waals surface area contributed by atoms with Gasteiger partial charge in [-0.2, -0.15) is 0 Å². The molecule has 0 aliphatic carbocycles. The number of nitrogens with zero attached hydrogens (tertiary/aromatic N) is 1. The van der Waals surface area contributed by atoms with Crippen molar-refractivity contribution in [2.75, 3.05) is 13.6 Å². The number of aliphatic carboxylic acids is 1. The van der Waals surface area contributed by atoms with Crippen LogP contribution in [0.1, 0.15) is 12.8 Å². The van der Waals surface area contributed by atoms with Crippen molar-refractivity contribution in [3.8, 4) is 0 Å². The van der Waals surface area contributed by atoms with Crippen LogP contribution < -0.4 is 56.5 Å². The largest absolute Gasteiger partial charge is 1.00 e. The van der Waals surface area contributed by atoms with E-state index in [9.17, 15) is 9.90 Å². The molecule has 0 amide bonds. The van der Waals surface area contributed by atoms with E-state index >= 15 is 0 Å². The summed E-state index contributed by atoms with van der Waals surface area (Å²) in [6.45, 7) is 0.888. The maximum absolute atomic E-state index is 10.3. The summed E-state index contributed by atoms with van der Waals surface area (Å²) in [6.07, 6.45) is 1.73. The van der Waals surface area contributed by atoms with Crippen LogP contribution in [0.2, 0.25) is 0 Å². The Kier molecular flexibility index (Phi) is 5.36. The minimum atomic E-state index is -0.935. The average Bonchev–Trinajstić information content (AvgIpc) is 2.13. The molecule has 0 aromatic heterocycles. The third kappa shape index (κ3) is 2.60. The number of likely N-dealkylation sites (tertiary alicyclic amines) is 1. The van der Waals surface area contributed by atoms with Crippen LogP contribution in [0.4, 0.5) is 0 Å². The van der Waals surface area contributed by atoms with E-state index in [1.807, 2.05) is 11.9 Å². The molecule has 0 saturated carbocycles. The van der Waals surface area contributed by atoms with Gasteiger partial charge in [-0.25, -0.2) is 0 Å². The summed E-state index contributed by atoms with van der Waals surface area (Å²) in [7, 11) is 1.81. The van der Waals surface area contributed by atoms with Crippen molar-refractivity contribution in [1.29, 1.82) is 0 Å². The van der Waals surface area contributed by atoms with Crippen molar-refractivity contribution < 1.29 is 61.3 Å². The van der Waals surface area contributed by atoms with E-state index in [0.717, 1.165) is 19.4 Å². The fraction of sp³-hybridized carbons (Fsp3) is 0.833. The summed E-state index contributed by atoms with van der Waals surface area (Å²) < 4.78 is 0. The Balaban J connectivity index is 0.000000810. The van der Waals surface area contributed by atoms with Crippen LogP contribution >= 0.6 is 0 Å². The van der Waals surface area contributed by atoms with E-state index in [0.29, 0.717) is 0 Å². The fourth-order valence-electron chi connectivity index (χ4n) is 1.21. The molecule has 3 nitrogen and oxygen atoms in total. The number of hydrogen-bond acceptors (Lipinski definition) is 3. The number of carbonyl (C=O) groups excluding carboxylic acids is 1. The number of likely N-dealkylation sites (N-methyl/N-ethyl adjacent to an activating group) is 1. The zero-order valence-electron chi connectivity index (χ0n) is 6.46. The van der Waals surface area contributed by atoms with Crippen LogP contribution in [0.5, 0.6) is 0 Å². The molecule has 0 aromatic carbocycles. The first-order valence-corrected chi connectivity index (χ1v) is 3.13. The topological polar surface area (TPSA) is 43.4 Å². The van der Waals surface area contributed by atoms with E-state index in [4.69, 9.17) is 0 Å². The van der Waals surface area contributed by atoms with Crippen molar-refractivity contribution in [3.63, 3.8) is 0 Å². The van der Waals surface area contributed by atoms with Gasteiger partial charge in [0.1, 0.15) is 0 Å². The Labute approximate surface area is 103 Å². The van der Waals surface area contributed by atoms with E-state index < -0.39 is 5.97 Å². The van der Waals surface area contributed by atoms with Crippen LogP contribution in [0.25, 0.3) is 0 Å². The molecular formula is C6H10KNO2. The summed E-state index contributed by atoms with van der Waals surface area (Å²) in [5.41, 5.74) is 0. The zero-order valence-corrected chi connectivity index (χ0v) is 9.59. The van der Waals surface area contributed by atoms with Gasteiger partial charge in [-0.15, -0.1) is 0 Å². The van der Waals surface area contributed by atoms with E-state index in [2.05, 4.69) is 0 Å².